The maximum absolute atomic E-state index is 14.4. The maximum Gasteiger partial charge on any atom is 0.289 e. The van der Waals surface area contributed by atoms with Gasteiger partial charge in [0.05, 0.1) is 11.1 Å². The Labute approximate surface area is 154 Å². The van der Waals surface area contributed by atoms with E-state index in [1.54, 1.807) is 11.8 Å². The third-order valence-electron chi connectivity index (χ3n) is 3.79. The van der Waals surface area contributed by atoms with Crippen LogP contribution in [0.4, 0.5) is 8.78 Å². The van der Waals surface area contributed by atoms with Crippen molar-refractivity contribution >= 4 is 28.3 Å². The monoisotopic (exact) mass is 430 g/mol. The zero-order valence-electron chi connectivity index (χ0n) is 13.3. The second-order valence-electron chi connectivity index (χ2n) is 5.39. The fourth-order valence-electron chi connectivity index (χ4n) is 2.77. The van der Waals surface area contributed by atoms with Gasteiger partial charge in [-0.2, -0.15) is 0 Å². The van der Waals surface area contributed by atoms with Crippen LogP contribution in [-0.4, -0.2) is 60.4 Å². The molecule has 0 radical (unpaired) electrons. The Balaban J connectivity index is 0.00000288. The van der Waals surface area contributed by atoms with Crippen LogP contribution in [-0.2, 0) is 0 Å². The summed E-state index contributed by atoms with van der Waals surface area (Å²) < 4.78 is 34.4. The number of phenolic OH excluding ortho intramolecular Hbond substituents is 1. The highest BCUT2D eigenvalue weighted by atomic mass is 79.9. The van der Waals surface area contributed by atoms with E-state index in [0.717, 1.165) is 0 Å². The fraction of sp³-hybridized carbons (Fsp3) is 0.600. The van der Waals surface area contributed by atoms with Crippen LogP contribution in [0.3, 0.4) is 0 Å². The summed E-state index contributed by atoms with van der Waals surface area (Å²) in [6, 6.07) is 1.58. The topological polar surface area (TPSA) is 65.0 Å². The second kappa shape index (κ2) is 9.15. The summed E-state index contributed by atoms with van der Waals surface area (Å²) in [5.41, 5.74) is 0.291. The Morgan fingerprint density at radius 2 is 2.00 bits per heavy atom. The van der Waals surface area contributed by atoms with Crippen molar-refractivity contribution < 1.29 is 23.7 Å². The van der Waals surface area contributed by atoms with E-state index in [2.05, 4.69) is 21.2 Å². The normalized spacial score (nSPS) is 17.2. The number of alkyl halides is 2. The standard InChI is InChI=1S/C15H21BrF2N2O3.ClH/c1-2-23-12-8-10(7-11(16)13(12)22)14(15(17,18)9-21)20-5-3-19-4-6-20;/h7-8,14,19,21-22H,2-6,9H2,1H3;1H/t14-;/m1./s1. The molecule has 0 saturated carbocycles. The molecule has 0 aromatic heterocycles. The minimum atomic E-state index is -3.31. The average Bonchev–Trinajstić information content (AvgIpc) is 2.53. The molecule has 1 aliphatic heterocycles. The molecule has 24 heavy (non-hydrogen) atoms. The number of aliphatic hydroxyl groups excluding tert-OH is 1. The predicted octanol–water partition coefficient (Wildman–Crippen LogP) is 2.55. The minimum Gasteiger partial charge on any atom is -0.503 e. The quantitative estimate of drug-likeness (QED) is 0.646. The molecule has 9 heteroatoms. The van der Waals surface area contributed by atoms with Crippen molar-refractivity contribution in [3.8, 4) is 11.5 Å². The SMILES string of the molecule is CCOc1cc([C@@H](N2CCNCC2)C(F)(F)CO)cc(Br)c1O.Cl. The average molecular weight is 432 g/mol. The van der Waals surface area contributed by atoms with Crippen LogP contribution in [0.2, 0.25) is 0 Å². The van der Waals surface area contributed by atoms with Gasteiger partial charge in [-0.25, -0.2) is 8.78 Å². The van der Waals surface area contributed by atoms with Gasteiger partial charge in [-0.1, -0.05) is 0 Å². The number of benzene rings is 1. The lowest BCUT2D eigenvalue weighted by atomic mass is 9.97. The first-order valence-corrected chi connectivity index (χ1v) is 8.28. The van der Waals surface area contributed by atoms with E-state index in [1.807, 2.05) is 0 Å². The summed E-state index contributed by atoms with van der Waals surface area (Å²) in [6.45, 7) is 2.91. The first-order chi connectivity index (χ1) is 10.9. The molecule has 0 unspecified atom stereocenters. The molecule has 0 spiro atoms. The van der Waals surface area contributed by atoms with E-state index >= 15 is 0 Å². The molecule has 1 aromatic carbocycles. The van der Waals surface area contributed by atoms with Gasteiger partial charge in [0.1, 0.15) is 12.6 Å². The summed E-state index contributed by atoms with van der Waals surface area (Å²) in [4.78, 5) is 1.64. The lowest BCUT2D eigenvalue weighted by Gasteiger charge is -2.39. The van der Waals surface area contributed by atoms with Gasteiger partial charge in [-0.15, -0.1) is 12.4 Å². The summed E-state index contributed by atoms with van der Waals surface area (Å²) in [5.74, 6) is -3.29. The van der Waals surface area contributed by atoms with Crippen LogP contribution in [0.1, 0.15) is 18.5 Å². The van der Waals surface area contributed by atoms with Crippen LogP contribution >= 0.6 is 28.3 Å². The van der Waals surface area contributed by atoms with E-state index in [4.69, 9.17) is 9.84 Å². The van der Waals surface area contributed by atoms with Gasteiger partial charge >= 0.3 is 0 Å². The number of piperazine rings is 1. The molecule has 1 saturated heterocycles. The zero-order chi connectivity index (χ0) is 17.0. The van der Waals surface area contributed by atoms with Gasteiger partial charge in [-0.3, -0.25) is 4.90 Å². The van der Waals surface area contributed by atoms with E-state index < -0.39 is 18.6 Å². The van der Waals surface area contributed by atoms with E-state index in [0.29, 0.717) is 38.3 Å². The van der Waals surface area contributed by atoms with Crippen molar-refractivity contribution in [3.05, 3.63) is 22.2 Å². The summed E-state index contributed by atoms with van der Waals surface area (Å²) in [7, 11) is 0. The van der Waals surface area contributed by atoms with Gasteiger partial charge in [0, 0.05) is 26.2 Å². The first-order valence-electron chi connectivity index (χ1n) is 7.49. The predicted molar refractivity (Wildman–Crippen MR) is 93.4 cm³/mol. The molecular formula is C15H22BrClF2N2O3. The fourth-order valence-corrected chi connectivity index (χ4v) is 3.23. The molecule has 1 heterocycles. The first kappa shape index (κ1) is 21.4. The molecule has 3 N–H and O–H groups in total. The Morgan fingerprint density at radius 1 is 1.38 bits per heavy atom. The van der Waals surface area contributed by atoms with Gasteiger partial charge in [0.25, 0.3) is 5.92 Å². The van der Waals surface area contributed by atoms with Crippen molar-refractivity contribution in [2.24, 2.45) is 0 Å². The summed E-state index contributed by atoms with van der Waals surface area (Å²) >= 11 is 3.18. The number of phenols is 1. The number of rotatable bonds is 6. The molecule has 138 valence electrons. The smallest absolute Gasteiger partial charge is 0.289 e. The van der Waals surface area contributed by atoms with Gasteiger partial charge < -0.3 is 20.3 Å². The third kappa shape index (κ3) is 4.70. The van der Waals surface area contributed by atoms with Crippen molar-refractivity contribution in [3.63, 3.8) is 0 Å². The largest absolute Gasteiger partial charge is 0.503 e. The van der Waals surface area contributed by atoms with Crippen LogP contribution in [0.15, 0.2) is 16.6 Å². The second-order valence-corrected chi connectivity index (χ2v) is 6.24. The van der Waals surface area contributed by atoms with Crippen molar-refractivity contribution in [1.29, 1.82) is 0 Å². The maximum atomic E-state index is 14.4. The number of ether oxygens (including phenoxy) is 1. The molecule has 1 fully saturated rings. The zero-order valence-corrected chi connectivity index (χ0v) is 15.7. The number of nitrogens with one attached hydrogen (secondary N) is 1. The van der Waals surface area contributed by atoms with E-state index in [-0.39, 0.29) is 28.4 Å². The lowest BCUT2D eigenvalue weighted by molar-refractivity contribution is -0.118. The Bertz CT molecular complexity index is 546. The molecule has 2 rings (SSSR count). The Hall–Kier alpha value is -0.670. The lowest BCUT2D eigenvalue weighted by Crippen LogP contribution is -2.51. The van der Waals surface area contributed by atoms with Crippen LogP contribution in [0.5, 0.6) is 11.5 Å². The number of aliphatic hydroxyl groups is 1. The molecule has 1 aliphatic rings. The highest BCUT2D eigenvalue weighted by molar-refractivity contribution is 9.10. The molecule has 0 aliphatic carbocycles. The molecule has 1 aromatic rings. The summed E-state index contributed by atoms with van der Waals surface area (Å²) in [6.07, 6.45) is 0. The van der Waals surface area contributed by atoms with Crippen molar-refractivity contribution in [2.75, 3.05) is 39.4 Å². The molecule has 1 atom stereocenters. The summed E-state index contributed by atoms with van der Waals surface area (Å²) in [5, 5.41) is 22.3. The van der Waals surface area contributed by atoms with Crippen molar-refractivity contribution in [2.45, 2.75) is 18.9 Å². The van der Waals surface area contributed by atoms with E-state index in [1.165, 1.54) is 12.1 Å². The Morgan fingerprint density at radius 3 is 2.54 bits per heavy atom. The molecule has 5 nitrogen and oxygen atoms in total. The van der Waals surface area contributed by atoms with E-state index in [9.17, 15) is 13.9 Å². The number of halogens is 4. The van der Waals surface area contributed by atoms with Gasteiger partial charge in [0.2, 0.25) is 0 Å². The minimum absolute atomic E-state index is 0. The van der Waals surface area contributed by atoms with Crippen LogP contribution in [0.25, 0.3) is 0 Å². The number of nitrogens with zero attached hydrogens (tertiary/aromatic N) is 1. The molecule has 0 amide bonds. The van der Waals surface area contributed by atoms with Crippen molar-refractivity contribution in [1.82, 2.24) is 10.2 Å². The van der Waals surface area contributed by atoms with Crippen LogP contribution < -0.4 is 10.1 Å². The molecule has 0 bridgehead atoms. The van der Waals surface area contributed by atoms with Crippen LogP contribution in [0, 0.1) is 0 Å². The van der Waals surface area contributed by atoms with Gasteiger partial charge in [0.15, 0.2) is 11.5 Å². The highest BCUT2D eigenvalue weighted by Gasteiger charge is 2.44. The third-order valence-corrected chi connectivity index (χ3v) is 4.40. The Kier molecular flexibility index (Phi) is 8.14. The number of hydrogen-bond acceptors (Lipinski definition) is 5. The number of aromatic hydroxyl groups is 1. The van der Waals surface area contributed by atoms with Gasteiger partial charge in [-0.05, 0) is 40.5 Å². The highest BCUT2D eigenvalue weighted by Crippen LogP contribution is 2.43. The number of hydrogen-bond donors (Lipinski definition) is 3. The molecular weight excluding hydrogens is 410 g/mol.